The average Bonchev–Trinajstić information content (AvgIpc) is 2.98. The molecule has 1 amide bonds. The zero-order chi connectivity index (χ0) is 14.7. The number of carbonyl (C=O) groups excluding carboxylic acids is 1. The number of amides is 1. The Balaban J connectivity index is 1.90. The lowest BCUT2D eigenvalue weighted by molar-refractivity contribution is 0.0892. The second kappa shape index (κ2) is 5.60. The highest BCUT2D eigenvalue weighted by molar-refractivity contribution is 5.92. The Kier molecular flexibility index (Phi) is 3.64. The van der Waals surface area contributed by atoms with E-state index in [-0.39, 0.29) is 17.4 Å². The normalized spacial score (nSPS) is 16.6. The number of rotatable bonds is 3. The molecule has 3 rings (SSSR count). The largest absolute Gasteiger partial charge is 0.341 e. The molecule has 5 heteroatoms. The van der Waals surface area contributed by atoms with Gasteiger partial charge in [0.25, 0.3) is 5.91 Å². The lowest BCUT2D eigenvalue weighted by atomic mass is 9.88. The summed E-state index contributed by atoms with van der Waals surface area (Å²) in [5.74, 6) is -0.554. The summed E-state index contributed by atoms with van der Waals surface area (Å²) in [5, 5.41) is 3.04. The first-order valence-corrected chi connectivity index (χ1v) is 7.04. The number of hydrogen-bond acceptors (Lipinski definition) is 3. The van der Waals surface area contributed by atoms with E-state index in [2.05, 4.69) is 15.3 Å². The maximum atomic E-state index is 13.5. The summed E-state index contributed by atoms with van der Waals surface area (Å²) in [7, 11) is 0. The van der Waals surface area contributed by atoms with Crippen LogP contribution in [0.1, 0.15) is 41.7 Å². The van der Waals surface area contributed by atoms with Crippen molar-refractivity contribution in [2.24, 2.45) is 0 Å². The molecule has 0 bridgehead atoms. The van der Waals surface area contributed by atoms with Gasteiger partial charge in [0.2, 0.25) is 0 Å². The molecule has 4 nitrogen and oxygen atoms in total. The first-order valence-electron chi connectivity index (χ1n) is 7.04. The maximum absolute atomic E-state index is 13.5. The summed E-state index contributed by atoms with van der Waals surface area (Å²) < 4.78 is 13.5. The monoisotopic (exact) mass is 285 g/mol. The molecule has 0 aliphatic heterocycles. The molecule has 2 aromatic rings. The molecular formula is C16H16FN3O. The van der Waals surface area contributed by atoms with Crippen LogP contribution in [0.25, 0.3) is 0 Å². The van der Waals surface area contributed by atoms with Gasteiger partial charge in [-0.1, -0.05) is 25.0 Å². The van der Waals surface area contributed by atoms with Crippen LogP contribution < -0.4 is 5.32 Å². The third-order valence-corrected chi connectivity index (χ3v) is 3.98. The van der Waals surface area contributed by atoms with Crippen molar-refractivity contribution in [2.45, 2.75) is 31.2 Å². The maximum Gasteiger partial charge on any atom is 0.272 e. The van der Waals surface area contributed by atoms with Crippen LogP contribution in [0.5, 0.6) is 0 Å². The average molecular weight is 285 g/mol. The molecule has 1 fully saturated rings. The Hall–Kier alpha value is -2.30. The van der Waals surface area contributed by atoms with Crippen LogP contribution in [0.3, 0.4) is 0 Å². The number of nitrogens with one attached hydrogen (secondary N) is 1. The molecule has 1 aliphatic carbocycles. The Labute approximate surface area is 122 Å². The molecule has 1 aromatic heterocycles. The van der Waals surface area contributed by atoms with Gasteiger partial charge in [-0.05, 0) is 30.5 Å². The SMILES string of the molecule is O=C(NC1(c2cccc(F)c2)CCCC1)c1cnccn1. The molecule has 0 radical (unpaired) electrons. The van der Waals surface area contributed by atoms with E-state index in [4.69, 9.17) is 0 Å². The number of nitrogens with zero attached hydrogens (tertiary/aromatic N) is 2. The van der Waals surface area contributed by atoms with E-state index in [9.17, 15) is 9.18 Å². The van der Waals surface area contributed by atoms with E-state index in [0.717, 1.165) is 31.2 Å². The van der Waals surface area contributed by atoms with E-state index < -0.39 is 5.54 Å². The summed E-state index contributed by atoms with van der Waals surface area (Å²) >= 11 is 0. The predicted molar refractivity (Wildman–Crippen MR) is 76.0 cm³/mol. The topological polar surface area (TPSA) is 54.9 Å². The van der Waals surface area contributed by atoms with Crippen LogP contribution in [0.4, 0.5) is 4.39 Å². The number of aromatic nitrogens is 2. The highest BCUT2D eigenvalue weighted by Gasteiger charge is 2.37. The molecular weight excluding hydrogens is 269 g/mol. The minimum Gasteiger partial charge on any atom is -0.341 e. The van der Waals surface area contributed by atoms with Crippen molar-refractivity contribution < 1.29 is 9.18 Å². The van der Waals surface area contributed by atoms with Crippen molar-refractivity contribution in [3.63, 3.8) is 0 Å². The zero-order valence-electron chi connectivity index (χ0n) is 11.6. The molecule has 1 heterocycles. The number of hydrogen-bond donors (Lipinski definition) is 1. The zero-order valence-corrected chi connectivity index (χ0v) is 11.6. The van der Waals surface area contributed by atoms with Gasteiger partial charge in [0.1, 0.15) is 11.5 Å². The number of benzene rings is 1. The second-order valence-electron chi connectivity index (χ2n) is 5.34. The fraction of sp³-hybridized carbons (Fsp3) is 0.312. The smallest absolute Gasteiger partial charge is 0.272 e. The van der Waals surface area contributed by atoms with Crippen molar-refractivity contribution in [1.82, 2.24) is 15.3 Å². The fourth-order valence-electron chi connectivity index (χ4n) is 2.95. The van der Waals surface area contributed by atoms with Crippen LogP contribution in [-0.4, -0.2) is 15.9 Å². The van der Waals surface area contributed by atoms with E-state index in [1.54, 1.807) is 6.07 Å². The highest BCUT2D eigenvalue weighted by atomic mass is 19.1. The molecule has 1 saturated carbocycles. The summed E-state index contributed by atoms with van der Waals surface area (Å²) in [6, 6.07) is 6.46. The fourth-order valence-corrected chi connectivity index (χ4v) is 2.95. The Morgan fingerprint density at radius 1 is 1.24 bits per heavy atom. The van der Waals surface area contributed by atoms with Crippen molar-refractivity contribution >= 4 is 5.91 Å². The van der Waals surface area contributed by atoms with Crippen molar-refractivity contribution in [2.75, 3.05) is 0 Å². The standard InChI is InChI=1S/C16H16FN3O/c17-13-5-3-4-12(10-13)16(6-1-2-7-16)20-15(21)14-11-18-8-9-19-14/h3-5,8-11H,1-2,6-7H2,(H,20,21). The molecule has 21 heavy (non-hydrogen) atoms. The molecule has 0 saturated heterocycles. The molecule has 1 aromatic carbocycles. The molecule has 108 valence electrons. The Morgan fingerprint density at radius 3 is 2.71 bits per heavy atom. The van der Waals surface area contributed by atoms with Gasteiger partial charge >= 0.3 is 0 Å². The van der Waals surface area contributed by atoms with E-state index >= 15 is 0 Å². The van der Waals surface area contributed by atoms with E-state index in [1.807, 2.05) is 6.07 Å². The van der Waals surface area contributed by atoms with Gasteiger partial charge in [0, 0.05) is 12.4 Å². The predicted octanol–water partition coefficient (Wildman–Crippen LogP) is 2.82. The van der Waals surface area contributed by atoms with Crippen molar-refractivity contribution in [1.29, 1.82) is 0 Å². The van der Waals surface area contributed by atoms with Gasteiger partial charge in [0.15, 0.2) is 0 Å². The van der Waals surface area contributed by atoms with Crippen LogP contribution in [0, 0.1) is 5.82 Å². The Bertz CT molecular complexity index is 639. The first kappa shape index (κ1) is 13.7. The summed E-state index contributed by atoms with van der Waals surface area (Å²) in [5.41, 5.74) is 0.592. The van der Waals surface area contributed by atoms with Crippen LogP contribution in [-0.2, 0) is 5.54 Å². The lowest BCUT2D eigenvalue weighted by Crippen LogP contribution is -2.44. The van der Waals surface area contributed by atoms with Gasteiger partial charge < -0.3 is 5.32 Å². The lowest BCUT2D eigenvalue weighted by Gasteiger charge is -2.31. The van der Waals surface area contributed by atoms with Gasteiger partial charge in [-0.25, -0.2) is 9.37 Å². The summed E-state index contributed by atoms with van der Waals surface area (Å²) in [6.45, 7) is 0. The minimum atomic E-state index is -0.503. The molecule has 1 N–H and O–H groups in total. The van der Waals surface area contributed by atoms with Crippen LogP contribution >= 0.6 is 0 Å². The van der Waals surface area contributed by atoms with Gasteiger partial charge in [-0.2, -0.15) is 0 Å². The Morgan fingerprint density at radius 2 is 2.05 bits per heavy atom. The summed E-state index contributed by atoms with van der Waals surface area (Å²) in [4.78, 5) is 20.3. The van der Waals surface area contributed by atoms with E-state index in [1.165, 1.54) is 30.7 Å². The quantitative estimate of drug-likeness (QED) is 0.943. The van der Waals surface area contributed by atoms with Crippen molar-refractivity contribution in [3.8, 4) is 0 Å². The highest BCUT2D eigenvalue weighted by Crippen LogP contribution is 2.39. The molecule has 0 unspecified atom stereocenters. The van der Waals surface area contributed by atoms with Crippen LogP contribution in [0.15, 0.2) is 42.9 Å². The minimum absolute atomic E-state index is 0.269. The van der Waals surface area contributed by atoms with Gasteiger partial charge in [0.05, 0.1) is 11.7 Å². The molecule has 0 spiro atoms. The van der Waals surface area contributed by atoms with E-state index in [0.29, 0.717) is 0 Å². The summed E-state index contributed by atoms with van der Waals surface area (Å²) in [6.07, 6.45) is 8.08. The van der Waals surface area contributed by atoms with Gasteiger partial charge in [-0.3, -0.25) is 9.78 Å². The molecule has 1 aliphatic rings. The second-order valence-corrected chi connectivity index (χ2v) is 5.34. The number of halogens is 1. The van der Waals surface area contributed by atoms with Crippen molar-refractivity contribution in [3.05, 3.63) is 59.9 Å². The third kappa shape index (κ3) is 2.77. The first-order chi connectivity index (χ1) is 10.2. The number of carbonyl (C=O) groups is 1. The van der Waals surface area contributed by atoms with Gasteiger partial charge in [-0.15, -0.1) is 0 Å². The third-order valence-electron chi connectivity index (χ3n) is 3.98. The van der Waals surface area contributed by atoms with Crippen LogP contribution in [0.2, 0.25) is 0 Å². The molecule has 0 atom stereocenters.